The van der Waals surface area contributed by atoms with E-state index in [9.17, 15) is 22.8 Å². The molecule has 98 valence electrons. The first-order chi connectivity index (χ1) is 8.21. The highest BCUT2D eigenvalue weighted by atomic mass is 19.4. The Bertz CT molecular complexity index is 484. The number of carbonyl (C=O) groups excluding carboxylic acids is 2. The van der Waals surface area contributed by atoms with Crippen molar-refractivity contribution in [3.63, 3.8) is 0 Å². The molecule has 0 saturated heterocycles. The largest absolute Gasteiger partial charge is 0.416 e. The van der Waals surface area contributed by atoms with Crippen molar-refractivity contribution in [3.8, 4) is 0 Å². The van der Waals surface area contributed by atoms with Gasteiger partial charge in [0.25, 0.3) is 5.91 Å². The van der Waals surface area contributed by atoms with E-state index < -0.39 is 30.1 Å². The van der Waals surface area contributed by atoms with Crippen molar-refractivity contribution < 1.29 is 22.8 Å². The van der Waals surface area contributed by atoms with Crippen LogP contribution in [0.3, 0.4) is 0 Å². The summed E-state index contributed by atoms with van der Waals surface area (Å²) < 4.78 is 37.8. The van der Waals surface area contributed by atoms with E-state index in [0.717, 1.165) is 6.07 Å². The van der Waals surface area contributed by atoms with Crippen LogP contribution >= 0.6 is 0 Å². The lowest BCUT2D eigenvalue weighted by atomic mass is 10.0. The van der Waals surface area contributed by atoms with E-state index in [0.29, 0.717) is 0 Å². The minimum atomic E-state index is -4.52. The minimum absolute atomic E-state index is 0.0222. The monoisotopic (exact) mass is 260 g/mol. The molecular weight excluding hydrogens is 249 g/mol. The molecular formula is C11H11F3N2O2. The number of hydrogen-bond donors (Lipinski definition) is 2. The van der Waals surface area contributed by atoms with Gasteiger partial charge in [-0.15, -0.1) is 0 Å². The first-order valence-corrected chi connectivity index (χ1v) is 4.96. The zero-order chi connectivity index (χ0) is 13.9. The maximum Gasteiger partial charge on any atom is 0.416 e. The highest BCUT2D eigenvalue weighted by Gasteiger charge is 2.32. The topological polar surface area (TPSA) is 72.2 Å². The highest BCUT2D eigenvalue weighted by molar-refractivity contribution is 5.96. The lowest BCUT2D eigenvalue weighted by Gasteiger charge is -2.11. The quantitative estimate of drug-likeness (QED) is 0.857. The van der Waals surface area contributed by atoms with E-state index >= 15 is 0 Å². The van der Waals surface area contributed by atoms with Crippen molar-refractivity contribution in [2.45, 2.75) is 13.1 Å². The molecule has 0 aliphatic rings. The van der Waals surface area contributed by atoms with Gasteiger partial charge in [-0.2, -0.15) is 13.2 Å². The van der Waals surface area contributed by atoms with Crippen molar-refractivity contribution in [3.05, 3.63) is 34.9 Å². The number of primary amides is 1. The van der Waals surface area contributed by atoms with Gasteiger partial charge in [-0.05, 0) is 24.6 Å². The number of carbonyl (C=O) groups is 2. The Hall–Kier alpha value is -2.05. The first-order valence-electron chi connectivity index (χ1n) is 4.96. The number of nitrogens with one attached hydrogen (secondary N) is 1. The molecule has 18 heavy (non-hydrogen) atoms. The summed E-state index contributed by atoms with van der Waals surface area (Å²) in [7, 11) is 0. The van der Waals surface area contributed by atoms with Crippen molar-refractivity contribution in [1.29, 1.82) is 0 Å². The van der Waals surface area contributed by atoms with Crippen LogP contribution in [0.2, 0.25) is 0 Å². The summed E-state index contributed by atoms with van der Waals surface area (Å²) in [5.41, 5.74) is 3.78. The molecule has 0 radical (unpaired) electrons. The summed E-state index contributed by atoms with van der Waals surface area (Å²) in [5.74, 6) is -1.55. The third kappa shape index (κ3) is 3.47. The molecule has 0 aliphatic carbocycles. The smallest absolute Gasteiger partial charge is 0.368 e. The van der Waals surface area contributed by atoms with E-state index in [4.69, 9.17) is 5.73 Å². The molecule has 3 N–H and O–H groups in total. The van der Waals surface area contributed by atoms with Gasteiger partial charge in [-0.1, -0.05) is 6.07 Å². The van der Waals surface area contributed by atoms with Crippen LogP contribution in [0, 0.1) is 6.92 Å². The third-order valence-corrected chi connectivity index (χ3v) is 2.23. The molecule has 0 atom stereocenters. The second kappa shape index (κ2) is 5.07. The molecule has 0 spiro atoms. The molecule has 0 aromatic heterocycles. The molecule has 0 aliphatic heterocycles. The summed E-state index contributed by atoms with van der Waals surface area (Å²) in [6, 6.07) is 3.19. The van der Waals surface area contributed by atoms with Gasteiger partial charge >= 0.3 is 6.18 Å². The molecule has 4 nitrogen and oxygen atoms in total. The van der Waals surface area contributed by atoms with Gasteiger partial charge in [-0.25, -0.2) is 0 Å². The summed E-state index contributed by atoms with van der Waals surface area (Å²) in [6.07, 6.45) is -4.52. The van der Waals surface area contributed by atoms with Crippen molar-refractivity contribution in [2.24, 2.45) is 5.73 Å². The Morgan fingerprint density at radius 1 is 1.33 bits per heavy atom. The molecule has 0 saturated carbocycles. The normalized spacial score (nSPS) is 11.1. The molecule has 0 unspecified atom stereocenters. The van der Waals surface area contributed by atoms with E-state index in [1.807, 2.05) is 0 Å². The predicted octanol–water partition coefficient (Wildman–Crippen LogP) is 1.23. The zero-order valence-corrected chi connectivity index (χ0v) is 9.47. The molecule has 2 amide bonds. The second-order valence-corrected chi connectivity index (χ2v) is 3.68. The fraction of sp³-hybridized carbons (Fsp3) is 0.273. The lowest BCUT2D eigenvalue weighted by Crippen LogP contribution is -2.33. The maximum absolute atomic E-state index is 12.6. The highest BCUT2D eigenvalue weighted by Crippen LogP contribution is 2.32. The maximum atomic E-state index is 12.6. The first kappa shape index (κ1) is 14.0. The Kier molecular flexibility index (Phi) is 3.95. The van der Waals surface area contributed by atoms with E-state index in [-0.39, 0.29) is 11.1 Å². The van der Waals surface area contributed by atoms with Gasteiger partial charge in [0, 0.05) is 5.56 Å². The average molecular weight is 260 g/mol. The summed E-state index contributed by atoms with van der Waals surface area (Å²) in [6.45, 7) is 0.877. The van der Waals surface area contributed by atoms with Crippen LogP contribution in [-0.2, 0) is 11.0 Å². The van der Waals surface area contributed by atoms with Gasteiger partial charge in [0.05, 0.1) is 12.1 Å². The van der Waals surface area contributed by atoms with Crippen molar-refractivity contribution >= 4 is 11.8 Å². The number of benzene rings is 1. The average Bonchev–Trinajstić information content (AvgIpc) is 2.24. The van der Waals surface area contributed by atoms with Gasteiger partial charge in [0.2, 0.25) is 5.91 Å². The SMILES string of the molecule is Cc1ccc(C(=O)NCC(N)=O)cc1C(F)(F)F. The van der Waals surface area contributed by atoms with Gasteiger partial charge in [0.15, 0.2) is 0 Å². The number of nitrogens with two attached hydrogens (primary N) is 1. The van der Waals surface area contributed by atoms with Crippen molar-refractivity contribution in [2.75, 3.05) is 6.54 Å². The summed E-state index contributed by atoms with van der Waals surface area (Å²) in [4.78, 5) is 21.9. The molecule has 1 rings (SSSR count). The van der Waals surface area contributed by atoms with Gasteiger partial charge in [-0.3, -0.25) is 9.59 Å². The van der Waals surface area contributed by atoms with Crippen LogP contribution in [0.4, 0.5) is 13.2 Å². The van der Waals surface area contributed by atoms with Crippen LogP contribution in [0.5, 0.6) is 0 Å². The Balaban J connectivity index is 2.98. The second-order valence-electron chi connectivity index (χ2n) is 3.68. The molecule has 0 bridgehead atoms. The van der Waals surface area contributed by atoms with E-state index in [1.54, 1.807) is 0 Å². The summed E-state index contributed by atoms with van der Waals surface area (Å²) >= 11 is 0. The fourth-order valence-corrected chi connectivity index (χ4v) is 1.34. The van der Waals surface area contributed by atoms with E-state index in [1.165, 1.54) is 19.1 Å². The number of alkyl halides is 3. The van der Waals surface area contributed by atoms with Crippen LogP contribution in [0.15, 0.2) is 18.2 Å². The van der Waals surface area contributed by atoms with E-state index in [2.05, 4.69) is 5.32 Å². The Labute approximate surface area is 101 Å². The Morgan fingerprint density at radius 3 is 2.44 bits per heavy atom. The third-order valence-electron chi connectivity index (χ3n) is 2.23. The number of halogens is 3. The number of rotatable bonds is 3. The number of amides is 2. The Morgan fingerprint density at radius 2 is 1.94 bits per heavy atom. The molecule has 1 aromatic carbocycles. The van der Waals surface area contributed by atoms with Crippen LogP contribution in [0.1, 0.15) is 21.5 Å². The molecule has 0 heterocycles. The van der Waals surface area contributed by atoms with Crippen LogP contribution < -0.4 is 11.1 Å². The molecule has 0 fully saturated rings. The lowest BCUT2D eigenvalue weighted by molar-refractivity contribution is -0.138. The number of aryl methyl sites for hydroxylation is 1. The van der Waals surface area contributed by atoms with Gasteiger partial charge in [0.1, 0.15) is 0 Å². The predicted molar refractivity (Wildman–Crippen MR) is 57.7 cm³/mol. The van der Waals surface area contributed by atoms with Gasteiger partial charge < -0.3 is 11.1 Å². The van der Waals surface area contributed by atoms with Crippen molar-refractivity contribution in [1.82, 2.24) is 5.32 Å². The van der Waals surface area contributed by atoms with Crippen LogP contribution in [-0.4, -0.2) is 18.4 Å². The fourth-order valence-electron chi connectivity index (χ4n) is 1.34. The summed E-state index contributed by atoms with van der Waals surface area (Å²) in [5, 5.41) is 2.12. The minimum Gasteiger partial charge on any atom is -0.368 e. The number of hydrogen-bond acceptors (Lipinski definition) is 2. The van der Waals surface area contributed by atoms with Crippen LogP contribution in [0.25, 0.3) is 0 Å². The molecule has 7 heteroatoms. The standard InChI is InChI=1S/C11H11F3N2O2/c1-6-2-3-7(4-8(6)11(12,13)14)10(18)16-5-9(15)17/h2-4H,5H2,1H3,(H2,15,17)(H,16,18). The zero-order valence-electron chi connectivity index (χ0n) is 9.47. The molecule has 1 aromatic rings.